The Bertz CT molecular complexity index is 1320. The molecule has 4 unspecified atom stereocenters. The number of aromatic nitrogens is 1. The Morgan fingerprint density at radius 3 is 2.64 bits per heavy atom. The fraction of sp³-hybridized carbons (Fsp3) is 0.357. The largest absolute Gasteiger partial charge is 0.439 e. The van der Waals surface area contributed by atoms with E-state index in [1.807, 2.05) is 36.4 Å². The van der Waals surface area contributed by atoms with Gasteiger partial charge in [-0.1, -0.05) is 36.5 Å². The molecule has 4 amide bonds. The van der Waals surface area contributed by atoms with Gasteiger partial charge in [-0.2, -0.15) is 0 Å². The molecule has 4 heterocycles. The summed E-state index contributed by atoms with van der Waals surface area (Å²) in [5.74, 6) is 0.703. The molecule has 0 radical (unpaired) electrons. The number of rotatable bonds is 7. The summed E-state index contributed by atoms with van der Waals surface area (Å²) in [5.41, 5.74) is 1.37. The van der Waals surface area contributed by atoms with Gasteiger partial charge in [-0.25, -0.2) is 9.78 Å². The maximum absolute atomic E-state index is 13.4. The quantitative estimate of drug-likeness (QED) is 0.394. The van der Waals surface area contributed by atoms with Gasteiger partial charge in [-0.15, -0.1) is 0 Å². The average molecular weight is 547 g/mol. The van der Waals surface area contributed by atoms with Crippen LogP contribution >= 0.6 is 11.8 Å². The van der Waals surface area contributed by atoms with Crippen molar-refractivity contribution < 1.29 is 19.1 Å². The third-order valence-electron chi connectivity index (χ3n) is 7.61. The normalized spacial score (nSPS) is 27.4. The Labute approximate surface area is 230 Å². The molecule has 2 aromatic rings. The maximum atomic E-state index is 13.4. The fourth-order valence-corrected chi connectivity index (χ4v) is 7.26. The number of hydrogen-bond acceptors (Lipinski definition) is 7. The molecule has 11 heteroatoms. The van der Waals surface area contributed by atoms with Gasteiger partial charge in [0.15, 0.2) is 0 Å². The van der Waals surface area contributed by atoms with Gasteiger partial charge >= 0.3 is 6.03 Å². The van der Waals surface area contributed by atoms with Crippen molar-refractivity contribution in [3.63, 3.8) is 0 Å². The molecular weight excluding hydrogens is 516 g/mol. The zero-order valence-electron chi connectivity index (χ0n) is 21.3. The minimum absolute atomic E-state index is 0.0144. The SMILES string of the molecule is C=CC(=O)N[C@@H]1CCC(NC(=O)C2=C3NC(=O)N(c4ccc(Oc5ccccc5)nc4)C4CCNC(S2)C34)C1. The highest BCUT2D eigenvalue weighted by molar-refractivity contribution is 8.04. The van der Waals surface area contributed by atoms with Gasteiger partial charge < -0.3 is 26.0 Å². The van der Waals surface area contributed by atoms with E-state index in [0.717, 1.165) is 25.8 Å². The molecular formula is C28H30N6O4S. The van der Waals surface area contributed by atoms with Crippen LogP contribution < -0.4 is 30.9 Å². The summed E-state index contributed by atoms with van der Waals surface area (Å²) >= 11 is 1.48. The van der Waals surface area contributed by atoms with Crippen LogP contribution in [0, 0.1) is 5.92 Å². The lowest BCUT2D eigenvalue weighted by Gasteiger charge is -2.45. The van der Waals surface area contributed by atoms with Crippen LogP contribution in [0.2, 0.25) is 0 Å². The predicted octanol–water partition coefficient (Wildman–Crippen LogP) is 3.01. The number of nitrogens with one attached hydrogen (secondary N) is 4. The number of pyridine rings is 1. The minimum atomic E-state index is -0.272. The third-order valence-corrected chi connectivity index (χ3v) is 8.97. The summed E-state index contributed by atoms with van der Waals surface area (Å²) in [4.78, 5) is 45.2. The van der Waals surface area contributed by atoms with E-state index in [2.05, 4.69) is 32.8 Å². The van der Waals surface area contributed by atoms with Crippen molar-refractivity contribution in [2.45, 2.75) is 49.2 Å². The zero-order valence-corrected chi connectivity index (χ0v) is 22.1. The molecule has 6 rings (SSSR count). The monoisotopic (exact) mass is 546 g/mol. The van der Waals surface area contributed by atoms with Crippen molar-refractivity contribution in [2.75, 3.05) is 11.4 Å². The summed E-state index contributed by atoms with van der Waals surface area (Å²) in [6.45, 7) is 4.23. The van der Waals surface area contributed by atoms with E-state index >= 15 is 0 Å². The number of carbonyl (C=O) groups is 3. The molecule has 0 spiro atoms. The number of ether oxygens (including phenoxy) is 1. The van der Waals surface area contributed by atoms with Crippen LogP contribution in [0.25, 0.3) is 0 Å². The van der Waals surface area contributed by atoms with E-state index in [0.29, 0.717) is 34.3 Å². The molecule has 1 aromatic carbocycles. The number of urea groups is 1. The third kappa shape index (κ3) is 5.11. The van der Waals surface area contributed by atoms with Gasteiger partial charge in [0.25, 0.3) is 5.91 Å². The number of piperidine rings is 1. The lowest BCUT2D eigenvalue weighted by Crippen LogP contribution is -2.62. The molecule has 4 aliphatic rings. The first-order chi connectivity index (χ1) is 19.0. The zero-order chi connectivity index (χ0) is 26.9. The maximum Gasteiger partial charge on any atom is 0.326 e. The summed E-state index contributed by atoms with van der Waals surface area (Å²) in [6, 6.07) is 12.6. The summed E-state index contributed by atoms with van der Waals surface area (Å²) in [5, 5.41) is 12.6. The van der Waals surface area contributed by atoms with Crippen LogP contribution in [0.4, 0.5) is 10.5 Å². The molecule has 202 valence electrons. The molecule has 3 fully saturated rings. The Balaban J connectivity index is 1.17. The molecule has 1 saturated carbocycles. The van der Waals surface area contributed by atoms with E-state index in [9.17, 15) is 14.4 Å². The molecule has 39 heavy (non-hydrogen) atoms. The second-order valence-corrected chi connectivity index (χ2v) is 11.2. The highest BCUT2D eigenvalue weighted by Crippen LogP contribution is 2.48. The van der Waals surface area contributed by atoms with Crippen LogP contribution in [-0.4, -0.2) is 52.9 Å². The summed E-state index contributed by atoms with van der Waals surface area (Å²) in [6.07, 6.45) is 5.92. The molecule has 1 aromatic heterocycles. The van der Waals surface area contributed by atoms with Crippen molar-refractivity contribution in [1.29, 1.82) is 0 Å². The van der Waals surface area contributed by atoms with Gasteiger partial charge in [0.2, 0.25) is 11.8 Å². The number of nitrogens with zero attached hydrogens (tertiary/aromatic N) is 2. The number of benzene rings is 1. The molecule has 1 aliphatic carbocycles. The van der Waals surface area contributed by atoms with Gasteiger partial charge in [0, 0.05) is 29.8 Å². The average Bonchev–Trinajstić information content (AvgIpc) is 3.55. The second-order valence-electron chi connectivity index (χ2n) is 10.1. The van der Waals surface area contributed by atoms with Gasteiger partial charge in [0.05, 0.1) is 28.2 Å². The topological polar surface area (TPSA) is 125 Å². The molecule has 2 saturated heterocycles. The smallest absolute Gasteiger partial charge is 0.326 e. The van der Waals surface area contributed by atoms with E-state index in [1.165, 1.54) is 17.8 Å². The number of para-hydroxylation sites is 1. The van der Waals surface area contributed by atoms with Gasteiger partial charge in [0.1, 0.15) is 5.75 Å². The van der Waals surface area contributed by atoms with Crippen molar-refractivity contribution in [2.24, 2.45) is 5.92 Å². The Hall–Kier alpha value is -3.83. The van der Waals surface area contributed by atoms with Crippen LogP contribution in [0.1, 0.15) is 25.7 Å². The van der Waals surface area contributed by atoms with E-state index in [1.54, 1.807) is 17.2 Å². The van der Waals surface area contributed by atoms with Crippen LogP contribution in [0.3, 0.4) is 0 Å². The van der Waals surface area contributed by atoms with Gasteiger partial charge in [-0.3, -0.25) is 14.5 Å². The minimum Gasteiger partial charge on any atom is -0.439 e. The first kappa shape index (κ1) is 25.4. The highest BCUT2D eigenvalue weighted by Gasteiger charge is 2.52. The van der Waals surface area contributed by atoms with Crippen LogP contribution in [0.5, 0.6) is 11.6 Å². The van der Waals surface area contributed by atoms with E-state index < -0.39 is 0 Å². The molecule has 5 atom stereocenters. The Morgan fingerprint density at radius 1 is 1.10 bits per heavy atom. The first-order valence-electron chi connectivity index (χ1n) is 13.2. The molecule has 0 bridgehead atoms. The number of amides is 4. The van der Waals surface area contributed by atoms with Crippen molar-refractivity contribution in [1.82, 2.24) is 26.3 Å². The van der Waals surface area contributed by atoms with E-state index in [4.69, 9.17) is 4.74 Å². The lowest BCUT2D eigenvalue weighted by molar-refractivity contribution is -0.117. The van der Waals surface area contributed by atoms with Crippen molar-refractivity contribution >= 4 is 35.3 Å². The predicted molar refractivity (Wildman–Crippen MR) is 148 cm³/mol. The standard InChI is InChI=1S/C28H30N6O4S/c1-2-21(35)31-16-8-9-17(14-16)32-26(36)25-24-23-20(12-13-29-27(23)39-25)34(28(37)33-24)18-10-11-22(30-15-18)38-19-6-4-3-5-7-19/h2-7,10-11,15-17,20,23,27,29H,1,8-9,12-14H2,(H,31,35)(H,32,36)(H,33,37)/t16-,17?,20?,23?,27?/m1/s1. The van der Waals surface area contributed by atoms with Gasteiger partial charge in [-0.05, 0) is 56.5 Å². The van der Waals surface area contributed by atoms with Crippen molar-refractivity contribution in [3.05, 3.63) is 71.9 Å². The van der Waals surface area contributed by atoms with E-state index in [-0.39, 0.29) is 47.3 Å². The lowest BCUT2D eigenvalue weighted by atomic mass is 9.86. The van der Waals surface area contributed by atoms with Crippen LogP contribution in [0.15, 0.2) is 71.9 Å². The molecule has 3 aliphatic heterocycles. The Morgan fingerprint density at radius 2 is 1.90 bits per heavy atom. The number of hydrogen-bond donors (Lipinski definition) is 4. The first-order valence-corrected chi connectivity index (χ1v) is 14.1. The fourth-order valence-electron chi connectivity index (χ4n) is 5.86. The van der Waals surface area contributed by atoms with Crippen LogP contribution in [-0.2, 0) is 9.59 Å². The number of thioether (sulfide) groups is 1. The summed E-state index contributed by atoms with van der Waals surface area (Å²) < 4.78 is 5.80. The highest BCUT2D eigenvalue weighted by atomic mass is 32.2. The second kappa shape index (κ2) is 10.7. The number of anilines is 1. The summed E-state index contributed by atoms with van der Waals surface area (Å²) in [7, 11) is 0. The van der Waals surface area contributed by atoms with Crippen molar-refractivity contribution in [3.8, 4) is 11.6 Å². The molecule has 10 nitrogen and oxygen atoms in total. The Kier molecular flexibility index (Phi) is 7.01. The molecule has 4 N–H and O–H groups in total. The number of carbonyl (C=O) groups excluding carboxylic acids is 3.